The van der Waals surface area contributed by atoms with Gasteiger partial charge in [-0.2, -0.15) is 0 Å². The van der Waals surface area contributed by atoms with Crippen LogP contribution in [-0.2, 0) is 14.3 Å². The summed E-state index contributed by atoms with van der Waals surface area (Å²) in [7, 11) is 1.37. The predicted octanol–water partition coefficient (Wildman–Crippen LogP) is 2.04. The normalized spacial score (nSPS) is 27.2. The van der Waals surface area contributed by atoms with E-state index in [4.69, 9.17) is 4.74 Å². The Labute approximate surface area is 139 Å². The van der Waals surface area contributed by atoms with Crippen molar-refractivity contribution < 1.29 is 14.3 Å². The maximum absolute atomic E-state index is 12.2. The maximum Gasteiger partial charge on any atom is 0.332 e. The number of nitrogens with zero attached hydrogens (tertiary/aromatic N) is 3. The molecule has 1 saturated heterocycles. The van der Waals surface area contributed by atoms with Crippen molar-refractivity contribution >= 4 is 29.6 Å². The molecule has 3 unspecified atom stereocenters. The number of aliphatic imine (C=N–C) groups is 1. The highest BCUT2D eigenvalue weighted by Crippen LogP contribution is 2.43. The fraction of sp³-hybridized carbons (Fsp3) is 0.500. The van der Waals surface area contributed by atoms with E-state index >= 15 is 0 Å². The molecule has 1 fully saturated rings. The van der Waals surface area contributed by atoms with Crippen LogP contribution >= 0.6 is 11.3 Å². The molecule has 3 heterocycles. The molecule has 0 N–H and O–H groups in total. The van der Waals surface area contributed by atoms with E-state index in [0.29, 0.717) is 18.0 Å². The number of carbonyl (C=O) groups is 1. The Morgan fingerprint density at radius 2 is 2.30 bits per heavy atom. The Hall–Kier alpha value is -1.95. The number of hydrogen-bond donors (Lipinski definition) is 0. The summed E-state index contributed by atoms with van der Waals surface area (Å²) >= 11 is 1.57. The second-order valence-electron chi connectivity index (χ2n) is 5.98. The topological polar surface area (TPSA) is 62.2 Å². The van der Waals surface area contributed by atoms with Crippen molar-refractivity contribution in [3.63, 3.8) is 0 Å². The van der Waals surface area contributed by atoms with Crippen LogP contribution in [-0.4, -0.2) is 47.5 Å². The number of hydrazine groups is 1. The predicted molar refractivity (Wildman–Crippen MR) is 87.5 cm³/mol. The Morgan fingerprint density at radius 3 is 2.87 bits per heavy atom. The van der Waals surface area contributed by atoms with Crippen LogP contribution in [0, 0.1) is 5.92 Å². The van der Waals surface area contributed by atoms with E-state index in [1.807, 2.05) is 23.5 Å². The Morgan fingerprint density at radius 1 is 1.52 bits per heavy atom. The molecule has 0 bridgehead atoms. The zero-order chi connectivity index (χ0) is 16.6. The van der Waals surface area contributed by atoms with Crippen LogP contribution in [0.1, 0.15) is 31.2 Å². The summed E-state index contributed by atoms with van der Waals surface area (Å²) in [6.45, 7) is 4.22. The lowest BCUT2D eigenvalue weighted by Crippen LogP contribution is -2.52. The molecule has 7 heteroatoms. The Kier molecular flexibility index (Phi) is 4.35. The van der Waals surface area contributed by atoms with Crippen LogP contribution < -0.4 is 0 Å². The molecule has 3 atom stereocenters. The molecule has 0 aliphatic carbocycles. The lowest BCUT2D eigenvalue weighted by Gasteiger charge is -2.42. The van der Waals surface area contributed by atoms with Gasteiger partial charge in [0.05, 0.1) is 13.2 Å². The molecule has 3 rings (SSSR count). The first kappa shape index (κ1) is 15.9. The van der Waals surface area contributed by atoms with E-state index in [1.165, 1.54) is 7.11 Å². The van der Waals surface area contributed by atoms with E-state index < -0.39 is 6.04 Å². The number of esters is 1. The van der Waals surface area contributed by atoms with Crippen LogP contribution in [0.25, 0.3) is 0 Å². The molecular weight excluding hydrogens is 314 g/mol. The van der Waals surface area contributed by atoms with Gasteiger partial charge < -0.3 is 4.74 Å². The van der Waals surface area contributed by atoms with Gasteiger partial charge in [0.15, 0.2) is 6.04 Å². The highest BCUT2D eigenvalue weighted by Gasteiger charge is 2.49. The fourth-order valence-electron chi connectivity index (χ4n) is 3.20. The standard InChI is InChI=1S/C16H19N3O3S/c1-10(2)12-7-11(8-20)18-9-17-14(16(21)22-3)15(19(12)18)13-5-4-6-23-13/h4-6,9-10,12,14-15H,7H2,1-3H3. The number of methoxy groups -OCH3 is 1. The zero-order valence-corrected chi connectivity index (χ0v) is 14.1. The summed E-state index contributed by atoms with van der Waals surface area (Å²) in [5.74, 6) is 1.96. The van der Waals surface area contributed by atoms with Crippen LogP contribution in [0.4, 0.5) is 0 Å². The lowest BCUT2D eigenvalue weighted by molar-refractivity contribution is -0.146. The van der Waals surface area contributed by atoms with Crippen LogP contribution in [0.15, 0.2) is 28.2 Å². The van der Waals surface area contributed by atoms with Gasteiger partial charge in [-0.05, 0) is 17.4 Å². The van der Waals surface area contributed by atoms with Gasteiger partial charge in [-0.15, -0.1) is 11.3 Å². The number of carbonyl (C=O) groups excluding carboxylic acids is 2. The SMILES string of the molecule is COC(=O)C1N=CN2C(=C=O)CC(C(C)C)N2C1c1cccs1. The molecule has 0 aromatic carbocycles. The molecule has 6 nitrogen and oxygen atoms in total. The molecule has 0 radical (unpaired) electrons. The molecule has 2 aliphatic rings. The van der Waals surface area contributed by atoms with Crippen molar-refractivity contribution in [1.29, 1.82) is 0 Å². The summed E-state index contributed by atoms with van der Waals surface area (Å²) in [6.07, 6.45) is 2.15. The summed E-state index contributed by atoms with van der Waals surface area (Å²) in [5, 5.41) is 5.82. The third kappa shape index (κ3) is 2.61. The van der Waals surface area contributed by atoms with E-state index in [-0.39, 0.29) is 18.1 Å². The Balaban J connectivity index is 2.10. The molecule has 2 aliphatic heterocycles. The van der Waals surface area contributed by atoms with Gasteiger partial charge in [-0.3, -0.25) is 10.0 Å². The Bertz CT molecular complexity index is 664. The number of thiophene rings is 1. The minimum Gasteiger partial charge on any atom is -0.467 e. The lowest BCUT2D eigenvalue weighted by atomic mass is 9.97. The van der Waals surface area contributed by atoms with Crippen molar-refractivity contribution in [3.05, 3.63) is 28.1 Å². The summed E-state index contributed by atoms with van der Waals surface area (Å²) in [6, 6.07) is 3.14. The minimum absolute atomic E-state index is 0.109. The number of rotatable bonds is 3. The van der Waals surface area contributed by atoms with Crippen molar-refractivity contribution in [2.75, 3.05) is 7.11 Å². The van der Waals surface area contributed by atoms with Gasteiger partial charge in [-0.1, -0.05) is 19.9 Å². The zero-order valence-electron chi connectivity index (χ0n) is 13.3. The van der Waals surface area contributed by atoms with Gasteiger partial charge in [0.2, 0.25) is 0 Å². The van der Waals surface area contributed by atoms with Gasteiger partial charge in [-0.25, -0.2) is 14.6 Å². The van der Waals surface area contributed by atoms with Crippen LogP contribution in [0.3, 0.4) is 0 Å². The first-order chi connectivity index (χ1) is 11.1. The largest absolute Gasteiger partial charge is 0.467 e. The second-order valence-corrected chi connectivity index (χ2v) is 6.96. The molecule has 122 valence electrons. The van der Waals surface area contributed by atoms with Crippen molar-refractivity contribution in [3.8, 4) is 0 Å². The molecule has 0 saturated carbocycles. The number of ether oxygens (including phenoxy) is 1. The van der Waals surface area contributed by atoms with Crippen molar-refractivity contribution in [1.82, 2.24) is 10.0 Å². The van der Waals surface area contributed by atoms with E-state index in [2.05, 4.69) is 23.8 Å². The number of fused-ring (bicyclic) bond motifs is 1. The first-order valence-electron chi connectivity index (χ1n) is 7.54. The first-order valence-corrected chi connectivity index (χ1v) is 8.42. The van der Waals surface area contributed by atoms with Gasteiger partial charge in [0.1, 0.15) is 18.0 Å². The third-order valence-corrected chi connectivity index (χ3v) is 5.30. The van der Waals surface area contributed by atoms with Gasteiger partial charge in [0.25, 0.3) is 0 Å². The molecule has 0 amide bonds. The average Bonchev–Trinajstić information content (AvgIpc) is 3.20. The number of hydrogen-bond acceptors (Lipinski definition) is 7. The van der Waals surface area contributed by atoms with E-state index in [0.717, 1.165) is 4.88 Å². The molecule has 1 aromatic heterocycles. The van der Waals surface area contributed by atoms with Gasteiger partial charge >= 0.3 is 5.97 Å². The molecule has 1 aromatic rings. The van der Waals surface area contributed by atoms with Crippen LogP contribution in [0.5, 0.6) is 0 Å². The summed E-state index contributed by atoms with van der Waals surface area (Å²) < 4.78 is 4.94. The monoisotopic (exact) mass is 333 g/mol. The van der Waals surface area contributed by atoms with Crippen molar-refractivity contribution in [2.24, 2.45) is 10.9 Å². The van der Waals surface area contributed by atoms with E-state index in [1.54, 1.807) is 22.7 Å². The summed E-state index contributed by atoms with van der Waals surface area (Å²) in [4.78, 5) is 28.9. The van der Waals surface area contributed by atoms with E-state index in [9.17, 15) is 9.59 Å². The summed E-state index contributed by atoms with van der Waals surface area (Å²) in [5.41, 5.74) is 0.553. The molecular formula is C16H19N3O3S. The highest BCUT2D eigenvalue weighted by molar-refractivity contribution is 7.10. The molecule has 23 heavy (non-hydrogen) atoms. The second kappa shape index (κ2) is 6.28. The van der Waals surface area contributed by atoms with Crippen LogP contribution in [0.2, 0.25) is 0 Å². The fourth-order valence-corrected chi connectivity index (χ4v) is 4.05. The third-order valence-electron chi connectivity index (χ3n) is 4.35. The minimum atomic E-state index is -0.637. The van der Waals surface area contributed by atoms with Crippen molar-refractivity contribution in [2.45, 2.75) is 38.4 Å². The molecule has 0 spiro atoms. The highest BCUT2D eigenvalue weighted by atomic mass is 32.1. The quantitative estimate of drug-likeness (QED) is 0.626. The average molecular weight is 333 g/mol. The van der Waals surface area contributed by atoms with Gasteiger partial charge in [0, 0.05) is 17.3 Å². The maximum atomic E-state index is 12.2. The smallest absolute Gasteiger partial charge is 0.332 e.